The quantitative estimate of drug-likeness (QED) is 0.918. The Morgan fingerprint density at radius 3 is 2.92 bits per heavy atom. The molecular formula is C18H25N3O3. The van der Waals surface area contributed by atoms with Gasteiger partial charge in [-0.05, 0) is 39.5 Å². The number of nitrogens with one attached hydrogen (secondary N) is 1. The van der Waals surface area contributed by atoms with Gasteiger partial charge < -0.3 is 14.7 Å². The number of likely N-dealkylation sites (tertiary alicyclic amines) is 1. The fourth-order valence-electron chi connectivity index (χ4n) is 3.93. The highest BCUT2D eigenvalue weighted by atomic mass is 16.5. The van der Waals surface area contributed by atoms with Crippen molar-refractivity contribution in [3.05, 3.63) is 28.8 Å². The Bertz CT molecular complexity index is 672. The van der Waals surface area contributed by atoms with Crippen molar-refractivity contribution in [2.24, 2.45) is 5.41 Å². The van der Waals surface area contributed by atoms with Crippen molar-refractivity contribution in [1.29, 1.82) is 0 Å². The second-order valence-electron chi connectivity index (χ2n) is 6.97. The van der Waals surface area contributed by atoms with Gasteiger partial charge in [0.15, 0.2) is 0 Å². The zero-order chi connectivity index (χ0) is 17.3. The molecule has 2 amide bonds. The molecule has 0 spiro atoms. The number of piperidine rings is 1. The predicted octanol–water partition coefficient (Wildman–Crippen LogP) is 2.26. The highest BCUT2D eigenvalue weighted by molar-refractivity contribution is 5.81. The zero-order valence-corrected chi connectivity index (χ0v) is 14.6. The summed E-state index contributed by atoms with van der Waals surface area (Å²) in [6.45, 7) is 4.26. The molecule has 0 saturated carbocycles. The van der Waals surface area contributed by atoms with Gasteiger partial charge in [-0.1, -0.05) is 11.2 Å². The normalized spacial score (nSPS) is 23.7. The molecule has 1 atom stereocenters. The third-order valence-electron chi connectivity index (χ3n) is 5.44. The van der Waals surface area contributed by atoms with Crippen molar-refractivity contribution in [3.63, 3.8) is 0 Å². The van der Waals surface area contributed by atoms with Crippen LogP contribution in [-0.2, 0) is 16.0 Å². The first-order valence-corrected chi connectivity index (χ1v) is 8.58. The van der Waals surface area contributed by atoms with E-state index in [2.05, 4.69) is 16.5 Å². The van der Waals surface area contributed by atoms with Gasteiger partial charge in [-0.25, -0.2) is 0 Å². The smallest absolute Gasteiger partial charge is 0.226 e. The standard InChI is InChI=1S/C18H25N3O3/c1-12-14(13(2)24-20-12)10-16(22)19-11-18-8-5-4-6-15(18)21(3)17(23)7-9-18/h6H,4-5,7-11H2,1-3H3,(H,19,22). The van der Waals surface area contributed by atoms with E-state index in [0.717, 1.165) is 42.6 Å². The van der Waals surface area contributed by atoms with E-state index in [1.807, 2.05) is 20.9 Å². The van der Waals surface area contributed by atoms with Crippen LogP contribution in [0, 0.1) is 19.3 Å². The largest absolute Gasteiger partial charge is 0.361 e. The number of fused-ring (bicyclic) bond motifs is 1. The van der Waals surface area contributed by atoms with Crippen LogP contribution < -0.4 is 5.32 Å². The number of aryl methyl sites for hydroxylation is 2. The van der Waals surface area contributed by atoms with E-state index in [1.165, 1.54) is 0 Å². The maximum atomic E-state index is 12.4. The molecule has 0 aromatic carbocycles. The molecule has 3 rings (SSSR count). The minimum Gasteiger partial charge on any atom is -0.361 e. The molecule has 1 aliphatic carbocycles. The molecule has 1 aliphatic heterocycles. The van der Waals surface area contributed by atoms with Crippen LogP contribution in [0.1, 0.15) is 49.1 Å². The second kappa shape index (κ2) is 6.42. The number of amides is 2. The highest BCUT2D eigenvalue weighted by Gasteiger charge is 2.43. The van der Waals surface area contributed by atoms with Gasteiger partial charge in [-0.3, -0.25) is 9.59 Å². The van der Waals surface area contributed by atoms with Crippen LogP contribution >= 0.6 is 0 Å². The molecule has 0 radical (unpaired) electrons. The Labute approximate surface area is 142 Å². The van der Waals surface area contributed by atoms with Crippen LogP contribution in [0.3, 0.4) is 0 Å². The lowest BCUT2D eigenvalue weighted by Gasteiger charge is -2.46. The van der Waals surface area contributed by atoms with Crippen molar-refractivity contribution in [3.8, 4) is 0 Å². The molecule has 130 valence electrons. The molecule has 1 fully saturated rings. The maximum absolute atomic E-state index is 12.4. The summed E-state index contributed by atoms with van der Waals surface area (Å²) in [5, 5.41) is 6.98. The van der Waals surface area contributed by atoms with E-state index in [1.54, 1.807) is 4.90 Å². The average Bonchev–Trinajstić information content (AvgIpc) is 2.89. The first-order chi connectivity index (χ1) is 11.4. The lowest BCUT2D eigenvalue weighted by Crippen LogP contribution is -2.49. The first kappa shape index (κ1) is 16.7. The fraction of sp³-hybridized carbons (Fsp3) is 0.611. The number of nitrogens with zero attached hydrogens (tertiary/aromatic N) is 2. The third-order valence-corrected chi connectivity index (χ3v) is 5.44. The number of hydrogen-bond donors (Lipinski definition) is 1. The summed E-state index contributed by atoms with van der Waals surface area (Å²) in [5.41, 5.74) is 2.61. The van der Waals surface area contributed by atoms with Gasteiger partial charge in [0.25, 0.3) is 0 Å². The molecule has 1 aromatic heterocycles. The summed E-state index contributed by atoms with van der Waals surface area (Å²) in [6, 6.07) is 0. The third kappa shape index (κ3) is 2.97. The number of carbonyl (C=O) groups excluding carboxylic acids is 2. The monoisotopic (exact) mass is 331 g/mol. The minimum atomic E-state index is -0.102. The molecule has 6 nitrogen and oxygen atoms in total. The van der Waals surface area contributed by atoms with Gasteiger partial charge in [0.05, 0.1) is 12.1 Å². The number of rotatable bonds is 4. The van der Waals surface area contributed by atoms with E-state index >= 15 is 0 Å². The van der Waals surface area contributed by atoms with E-state index in [-0.39, 0.29) is 23.7 Å². The van der Waals surface area contributed by atoms with Gasteiger partial charge in [0.2, 0.25) is 11.8 Å². The van der Waals surface area contributed by atoms with Crippen LogP contribution in [0.2, 0.25) is 0 Å². The summed E-state index contributed by atoms with van der Waals surface area (Å²) in [4.78, 5) is 26.2. The summed E-state index contributed by atoms with van der Waals surface area (Å²) >= 11 is 0. The SMILES string of the molecule is Cc1noc(C)c1CC(=O)NCC12CCCC=C1N(C)C(=O)CC2. The van der Waals surface area contributed by atoms with Crippen LogP contribution in [-0.4, -0.2) is 35.5 Å². The van der Waals surface area contributed by atoms with Gasteiger partial charge in [0.1, 0.15) is 5.76 Å². The topological polar surface area (TPSA) is 75.4 Å². The van der Waals surface area contributed by atoms with Gasteiger partial charge in [0, 0.05) is 36.7 Å². The summed E-state index contributed by atoms with van der Waals surface area (Å²) in [6.07, 6.45) is 6.93. The Morgan fingerprint density at radius 1 is 1.42 bits per heavy atom. The maximum Gasteiger partial charge on any atom is 0.226 e. The van der Waals surface area contributed by atoms with E-state index in [9.17, 15) is 9.59 Å². The lowest BCUT2D eigenvalue weighted by atomic mass is 9.70. The van der Waals surface area contributed by atoms with Crippen LogP contribution in [0.25, 0.3) is 0 Å². The zero-order valence-electron chi connectivity index (χ0n) is 14.6. The molecule has 2 heterocycles. The Balaban J connectivity index is 1.68. The fourth-order valence-corrected chi connectivity index (χ4v) is 3.93. The molecule has 24 heavy (non-hydrogen) atoms. The van der Waals surface area contributed by atoms with Gasteiger partial charge in [-0.2, -0.15) is 0 Å². The second-order valence-corrected chi connectivity index (χ2v) is 6.97. The first-order valence-electron chi connectivity index (χ1n) is 8.58. The molecule has 2 aliphatic rings. The molecule has 0 bridgehead atoms. The van der Waals surface area contributed by atoms with Crippen molar-refractivity contribution in [1.82, 2.24) is 15.4 Å². The molecule has 6 heteroatoms. The van der Waals surface area contributed by atoms with Crippen molar-refractivity contribution in [2.45, 2.75) is 52.4 Å². The Kier molecular flexibility index (Phi) is 4.47. The van der Waals surface area contributed by atoms with Crippen molar-refractivity contribution >= 4 is 11.8 Å². The van der Waals surface area contributed by atoms with Crippen molar-refractivity contribution in [2.75, 3.05) is 13.6 Å². The highest BCUT2D eigenvalue weighted by Crippen LogP contribution is 2.45. The number of allylic oxidation sites excluding steroid dienone is 1. The Morgan fingerprint density at radius 2 is 2.21 bits per heavy atom. The van der Waals surface area contributed by atoms with Crippen molar-refractivity contribution < 1.29 is 14.1 Å². The van der Waals surface area contributed by atoms with Crippen LogP contribution in [0.15, 0.2) is 16.3 Å². The molecular weight excluding hydrogens is 306 g/mol. The Hall–Kier alpha value is -2.11. The van der Waals surface area contributed by atoms with E-state index in [0.29, 0.717) is 18.7 Å². The number of aromatic nitrogens is 1. The van der Waals surface area contributed by atoms with E-state index in [4.69, 9.17) is 4.52 Å². The molecule has 1 aromatic rings. The predicted molar refractivity (Wildman–Crippen MR) is 89.1 cm³/mol. The average molecular weight is 331 g/mol. The van der Waals surface area contributed by atoms with Gasteiger partial charge >= 0.3 is 0 Å². The molecule has 1 saturated heterocycles. The van der Waals surface area contributed by atoms with Crippen LogP contribution in [0.5, 0.6) is 0 Å². The summed E-state index contributed by atoms with van der Waals surface area (Å²) < 4.78 is 5.12. The number of hydrogen-bond acceptors (Lipinski definition) is 4. The van der Waals surface area contributed by atoms with Crippen LogP contribution in [0.4, 0.5) is 0 Å². The van der Waals surface area contributed by atoms with Gasteiger partial charge in [-0.15, -0.1) is 0 Å². The summed E-state index contributed by atoms with van der Waals surface area (Å²) in [7, 11) is 1.85. The molecule has 1 N–H and O–H groups in total. The van der Waals surface area contributed by atoms with E-state index < -0.39 is 0 Å². The molecule has 1 unspecified atom stereocenters. The number of carbonyl (C=O) groups is 2. The minimum absolute atomic E-state index is 0.0248. The lowest BCUT2D eigenvalue weighted by molar-refractivity contribution is -0.132. The summed E-state index contributed by atoms with van der Waals surface area (Å²) in [5.74, 6) is 0.839.